The van der Waals surface area contributed by atoms with Crippen LogP contribution in [0.4, 0.5) is 115 Å². The second-order valence-electron chi connectivity index (χ2n) is 18.0. The SMILES string of the molecule is O=C1Nc2cc1c(-c1c(F)c(F)c(F)c(F)c1F)c1ccc([nH]1)c(-c1c(F)c(F)c(F)c(F)c1F)c1nc(c(-c3c(F)c(F)c(F)c(F)c3F)c3nc(c(-c4c(F)c(F)c(F)c(F)c4F)c4ccc([nH]4)c2-c2c(F)c(F)c(F)c(F)c2F)C=C3)C=C1. The fraction of sp³-hybridized carbons (Fsp3) is 0. The number of carbonyl (C=O) groups excluding carboxylic acids is 1. The lowest BCUT2D eigenvalue weighted by atomic mass is 9.98. The van der Waals surface area contributed by atoms with Gasteiger partial charge in [0.25, 0.3) is 5.91 Å². The normalized spacial score (nSPS) is 12.5. The second kappa shape index (κ2) is 20.3. The summed E-state index contributed by atoms with van der Waals surface area (Å²) in [6, 6.07) is 1.83. The lowest BCUT2D eigenvalue weighted by Gasteiger charge is -2.12. The zero-order valence-electron chi connectivity index (χ0n) is 40.4. The van der Waals surface area contributed by atoms with Gasteiger partial charge in [-0.2, -0.15) is 0 Å². The van der Waals surface area contributed by atoms with Crippen LogP contribution in [0.2, 0.25) is 0 Å². The van der Waals surface area contributed by atoms with Crippen molar-refractivity contribution >= 4 is 58.0 Å². The van der Waals surface area contributed by atoms with Crippen molar-refractivity contribution in [2.45, 2.75) is 0 Å². The van der Waals surface area contributed by atoms with Crippen molar-refractivity contribution in [2.75, 3.05) is 5.32 Å². The molecule has 11 rings (SSSR count). The average Bonchev–Trinajstić information content (AvgIpc) is 3.30. The van der Waals surface area contributed by atoms with Crippen LogP contribution < -0.4 is 5.32 Å². The third-order valence-corrected chi connectivity index (χ3v) is 13.4. The fourth-order valence-electron chi connectivity index (χ4n) is 9.55. The Balaban J connectivity index is 1.48. The number of aromatic nitrogens is 4. The largest absolute Gasteiger partial charge is 0.354 e. The molecule has 0 saturated heterocycles. The third kappa shape index (κ3) is 8.27. The van der Waals surface area contributed by atoms with Gasteiger partial charge in [0, 0.05) is 49.9 Å². The molecule has 3 aliphatic rings. The summed E-state index contributed by atoms with van der Waals surface area (Å²) in [6.45, 7) is 0. The molecule has 31 heteroatoms. The van der Waals surface area contributed by atoms with Crippen molar-refractivity contribution in [3.8, 4) is 55.6 Å². The molecule has 0 aliphatic carbocycles. The maximum absolute atomic E-state index is 16.2. The quantitative estimate of drug-likeness (QED) is 0.0912. The zero-order chi connectivity index (χ0) is 62.5. The van der Waals surface area contributed by atoms with Crippen LogP contribution in [0, 0.1) is 145 Å². The van der Waals surface area contributed by atoms with Gasteiger partial charge in [-0.3, -0.25) is 4.79 Å². The minimum atomic E-state index is -2.91. The highest BCUT2D eigenvalue weighted by Crippen LogP contribution is 2.47. The molecule has 1 amide bonds. The minimum Gasteiger partial charge on any atom is -0.354 e. The van der Waals surface area contributed by atoms with E-state index in [1.54, 1.807) is 5.32 Å². The molecule has 3 N–H and O–H groups in total. The molecule has 0 unspecified atom stereocenters. The Morgan fingerprint density at radius 1 is 0.244 bits per heavy atom. The number of benzene rings is 5. The smallest absolute Gasteiger partial charge is 0.256 e. The Morgan fingerprint density at radius 2 is 0.453 bits per heavy atom. The maximum atomic E-state index is 16.2. The molecule has 5 aromatic carbocycles. The van der Waals surface area contributed by atoms with Crippen molar-refractivity contribution in [2.24, 2.45) is 0 Å². The fourth-order valence-corrected chi connectivity index (χ4v) is 9.55. The standard InChI is InChI=1S/C55H12F25N5O/c56-30-25(31(57)41(67)50(76)40(30)66)20-10-9-19(85-55(10)86)24(29-38(64)48(74)54(80)49(75)39(29)65)18-8-7-17(84-18)23(28-36(62)46(72)53(79)47(73)37(28)63)16-6-5-15(83-16)22(27-34(60)44(70)52(78)45(71)35(27)61)14-4-3-13(82-14)21(12-2-1-11(20)81-12)26-32(58)42(68)51(77)43(69)33(26)59/h1-9,81,84H,(H,85,86). The predicted molar refractivity (Wildman–Crippen MR) is 251 cm³/mol. The van der Waals surface area contributed by atoms with E-state index in [0.29, 0.717) is 48.6 Å². The average molecular weight is 1230 g/mol. The van der Waals surface area contributed by atoms with Gasteiger partial charge >= 0.3 is 0 Å². The molecule has 6 nitrogen and oxygen atoms in total. The monoisotopic (exact) mass is 1230 g/mol. The maximum Gasteiger partial charge on any atom is 0.256 e. The summed E-state index contributed by atoms with van der Waals surface area (Å²) in [5.41, 5.74) is -31.6. The first kappa shape index (κ1) is 57.7. The Bertz CT molecular complexity index is 4690. The van der Waals surface area contributed by atoms with Gasteiger partial charge < -0.3 is 15.3 Å². The van der Waals surface area contributed by atoms with Crippen LogP contribution >= 0.6 is 0 Å². The molecule has 0 atom stereocenters. The summed E-state index contributed by atoms with van der Waals surface area (Å²) in [6.07, 6.45) is 1.71. The topological polar surface area (TPSA) is 86.5 Å². The lowest BCUT2D eigenvalue weighted by molar-refractivity contribution is 0.103. The highest BCUT2D eigenvalue weighted by atomic mass is 19.2. The van der Waals surface area contributed by atoms with E-state index in [2.05, 4.69) is 19.9 Å². The van der Waals surface area contributed by atoms with Crippen molar-refractivity contribution in [3.05, 3.63) is 204 Å². The van der Waals surface area contributed by atoms with E-state index in [-0.39, 0.29) is 6.07 Å². The number of nitrogens with zero attached hydrogens (tertiary/aromatic N) is 2. The van der Waals surface area contributed by atoms with E-state index in [9.17, 15) is 26.7 Å². The Kier molecular flexibility index (Phi) is 13.6. The number of amides is 1. The summed E-state index contributed by atoms with van der Waals surface area (Å²) < 4.78 is 388. The first-order chi connectivity index (χ1) is 40.5. The number of halogens is 25. The lowest BCUT2D eigenvalue weighted by Crippen LogP contribution is -2.10. The van der Waals surface area contributed by atoms with E-state index < -0.39 is 263 Å². The van der Waals surface area contributed by atoms with Gasteiger partial charge in [0.2, 0.25) is 29.1 Å². The van der Waals surface area contributed by atoms with Gasteiger partial charge in [-0.25, -0.2) is 120 Å². The molecule has 6 heterocycles. The summed E-state index contributed by atoms with van der Waals surface area (Å²) in [4.78, 5) is 26.2. The molecule has 0 radical (unpaired) electrons. The van der Waals surface area contributed by atoms with Crippen molar-refractivity contribution < 1.29 is 115 Å². The van der Waals surface area contributed by atoms with Crippen LogP contribution in [0.1, 0.15) is 33.1 Å². The van der Waals surface area contributed by atoms with Crippen LogP contribution in [-0.2, 0) is 0 Å². The van der Waals surface area contributed by atoms with Gasteiger partial charge in [0.15, 0.2) is 116 Å². The Hall–Kier alpha value is -10.1. The molecular weight excluding hydrogens is 1220 g/mol. The predicted octanol–water partition coefficient (Wildman–Crippen LogP) is 17.2. The van der Waals surface area contributed by atoms with Crippen molar-refractivity contribution in [1.82, 2.24) is 19.9 Å². The molecule has 0 fully saturated rings. The molecule has 10 bridgehead atoms. The molecule has 0 spiro atoms. The Morgan fingerprint density at radius 3 is 0.744 bits per heavy atom. The van der Waals surface area contributed by atoms with Gasteiger partial charge in [-0.15, -0.1) is 0 Å². The van der Waals surface area contributed by atoms with Crippen LogP contribution in [0.15, 0.2) is 30.3 Å². The summed E-state index contributed by atoms with van der Waals surface area (Å²) >= 11 is 0. The summed E-state index contributed by atoms with van der Waals surface area (Å²) in [5.74, 6) is -72.6. The van der Waals surface area contributed by atoms with Gasteiger partial charge in [0.1, 0.15) is 0 Å². The van der Waals surface area contributed by atoms with Crippen molar-refractivity contribution in [3.63, 3.8) is 0 Å². The van der Waals surface area contributed by atoms with E-state index >= 15 is 87.8 Å². The van der Waals surface area contributed by atoms with Gasteiger partial charge in [-0.05, 0) is 54.6 Å². The minimum absolute atomic E-state index is 0.138. The van der Waals surface area contributed by atoms with E-state index in [0.717, 1.165) is 0 Å². The number of carbonyl (C=O) groups is 1. The van der Waals surface area contributed by atoms with Crippen LogP contribution in [-0.4, -0.2) is 25.8 Å². The molecule has 3 aliphatic heterocycles. The van der Waals surface area contributed by atoms with E-state index in [4.69, 9.17) is 0 Å². The second-order valence-corrected chi connectivity index (χ2v) is 18.0. The van der Waals surface area contributed by atoms with Crippen LogP contribution in [0.5, 0.6) is 0 Å². The van der Waals surface area contributed by atoms with Crippen molar-refractivity contribution in [1.29, 1.82) is 0 Å². The summed E-state index contributed by atoms with van der Waals surface area (Å²) in [7, 11) is 0. The number of hydrogen-bond donors (Lipinski definition) is 3. The van der Waals surface area contributed by atoms with Gasteiger partial charge in [0.05, 0.1) is 61.8 Å². The number of hydrogen-bond acceptors (Lipinski definition) is 3. The number of aromatic amines is 2. The third-order valence-electron chi connectivity index (χ3n) is 13.4. The molecule has 0 saturated carbocycles. The Labute approximate surface area is 456 Å². The van der Waals surface area contributed by atoms with E-state index in [1.165, 1.54) is 0 Å². The van der Waals surface area contributed by atoms with Crippen LogP contribution in [0.25, 0.3) is 102 Å². The number of H-pyrrole nitrogens is 2. The molecule has 438 valence electrons. The van der Waals surface area contributed by atoms with E-state index in [1.807, 2.05) is 0 Å². The highest BCUT2D eigenvalue weighted by molar-refractivity contribution is 6.18. The van der Waals surface area contributed by atoms with Gasteiger partial charge in [-0.1, -0.05) is 0 Å². The number of anilines is 1. The number of rotatable bonds is 5. The molecule has 8 aromatic rings. The zero-order valence-corrected chi connectivity index (χ0v) is 40.4. The molecular formula is C55H12F25N5O. The summed E-state index contributed by atoms with van der Waals surface area (Å²) in [5, 5.41) is 1.77. The number of fused-ring (bicyclic) bond motifs is 10. The molecule has 86 heavy (non-hydrogen) atoms. The highest BCUT2D eigenvalue weighted by Gasteiger charge is 2.38. The first-order valence-electron chi connectivity index (χ1n) is 23.0. The van der Waals surface area contributed by atoms with Crippen LogP contribution in [0.3, 0.4) is 0 Å². The number of nitrogens with one attached hydrogen (secondary N) is 3. The first-order valence-corrected chi connectivity index (χ1v) is 23.0. The molecule has 3 aromatic heterocycles.